The smallest absolute Gasteiger partial charge is 0.185 e. The molecule has 4 heteroatoms. The number of aromatic hydroxyl groups is 2. The van der Waals surface area contributed by atoms with Gasteiger partial charge in [-0.3, -0.25) is 4.79 Å². The summed E-state index contributed by atoms with van der Waals surface area (Å²) in [6, 6.07) is 9.45. The van der Waals surface area contributed by atoms with Crippen molar-refractivity contribution in [1.82, 2.24) is 0 Å². The number of phenolic OH excluding ortho intramolecular Hbond substituents is 2. The first kappa shape index (κ1) is 14.7. The lowest BCUT2D eigenvalue weighted by atomic mass is 10.1. The summed E-state index contributed by atoms with van der Waals surface area (Å²) in [6.07, 6.45) is 2.89. The summed E-state index contributed by atoms with van der Waals surface area (Å²) in [5.41, 5.74) is 1.62. The maximum atomic E-state index is 12.0. The van der Waals surface area contributed by atoms with Gasteiger partial charge < -0.3 is 14.9 Å². The third-order valence-electron chi connectivity index (χ3n) is 3.15. The molecule has 0 atom stereocenters. The van der Waals surface area contributed by atoms with E-state index in [2.05, 4.69) is 0 Å². The highest BCUT2D eigenvalue weighted by molar-refractivity contribution is 6.07. The maximum absolute atomic E-state index is 12.0. The average molecular weight is 284 g/mol. The van der Waals surface area contributed by atoms with E-state index in [1.165, 1.54) is 43.5 Å². The zero-order valence-electron chi connectivity index (χ0n) is 11.8. The van der Waals surface area contributed by atoms with Crippen LogP contribution < -0.4 is 4.74 Å². The van der Waals surface area contributed by atoms with E-state index < -0.39 is 0 Å². The Labute approximate surface area is 122 Å². The predicted molar refractivity (Wildman–Crippen MR) is 80.9 cm³/mol. The summed E-state index contributed by atoms with van der Waals surface area (Å²) < 4.78 is 5.18. The van der Waals surface area contributed by atoms with Gasteiger partial charge in [0.15, 0.2) is 5.78 Å². The molecule has 2 rings (SSSR count). The maximum Gasteiger partial charge on any atom is 0.185 e. The summed E-state index contributed by atoms with van der Waals surface area (Å²) in [6.45, 7) is 1.77. The monoisotopic (exact) mass is 284 g/mol. The zero-order chi connectivity index (χ0) is 15.4. The minimum atomic E-state index is -0.224. The van der Waals surface area contributed by atoms with E-state index in [-0.39, 0.29) is 17.3 Å². The zero-order valence-corrected chi connectivity index (χ0v) is 11.8. The molecule has 0 aliphatic heterocycles. The van der Waals surface area contributed by atoms with E-state index in [1.807, 2.05) is 0 Å². The number of allylic oxidation sites excluding steroid dienone is 1. The van der Waals surface area contributed by atoms with E-state index in [0.29, 0.717) is 22.4 Å². The molecule has 0 unspecified atom stereocenters. The number of ketones is 1. The molecule has 0 radical (unpaired) electrons. The third-order valence-corrected chi connectivity index (χ3v) is 3.15. The lowest BCUT2D eigenvalue weighted by Gasteiger charge is -2.09. The van der Waals surface area contributed by atoms with Crippen LogP contribution in [0.1, 0.15) is 21.5 Å². The molecule has 0 aliphatic carbocycles. The van der Waals surface area contributed by atoms with Gasteiger partial charge in [0.2, 0.25) is 0 Å². The van der Waals surface area contributed by atoms with Crippen molar-refractivity contribution in [2.75, 3.05) is 7.11 Å². The van der Waals surface area contributed by atoms with Crippen LogP contribution in [0.2, 0.25) is 0 Å². The van der Waals surface area contributed by atoms with Gasteiger partial charge in [-0.05, 0) is 55.0 Å². The topological polar surface area (TPSA) is 66.8 Å². The van der Waals surface area contributed by atoms with Gasteiger partial charge in [0.25, 0.3) is 0 Å². The van der Waals surface area contributed by atoms with Crippen molar-refractivity contribution in [2.45, 2.75) is 6.92 Å². The first-order valence-electron chi connectivity index (χ1n) is 6.41. The van der Waals surface area contributed by atoms with E-state index in [0.717, 1.165) is 0 Å². The van der Waals surface area contributed by atoms with Crippen molar-refractivity contribution in [2.24, 2.45) is 0 Å². The van der Waals surface area contributed by atoms with Crippen molar-refractivity contribution in [3.63, 3.8) is 0 Å². The summed E-state index contributed by atoms with van der Waals surface area (Å²) in [4.78, 5) is 12.0. The lowest BCUT2D eigenvalue weighted by Crippen LogP contribution is -1.94. The Morgan fingerprint density at radius 2 is 1.76 bits per heavy atom. The van der Waals surface area contributed by atoms with Gasteiger partial charge in [0.05, 0.1) is 12.7 Å². The van der Waals surface area contributed by atoms with E-state index in [9.17, 15) is 15.0 Å². The first-order chi connectivity index (χ1) is 10.0. The number of hydrogen-bond donors (Lipinski definition) is 2. The highest BCUT2D eigenvalue weighted by Gasteiger charge is 2.09. The fourth-order valence-electron chi connectivity index (χ4n) is 1.92. The number of carbonyl (C=O) groups excluding carboxylic acids is 1. The average Bonchev–Trinajstić information content (AvgIpc) is 2.49. The molecule has 0 heterocycles. The van der Waals surface area contributed by atoms with Crippen molar-refractivity contribution in [3.05, 3.63) is 59.2 Å². The Hall–Kier alpha value is -2.75. The van der Waals surface area contributed by atoms with Crippen molar-refractivity contribution >= 4 is 11.9 Å². The van der Waals surface area contributed by atoms with Gasteiger partial charge >= 0.3 is 0 Å². The van der Waals surface area contributed by atoms with Crippen LogP contribution in [-0.4, -0.2) is 23.1 Å². The molecule has 4 nitrogen and oxygen atoms in total. The highest BCUT2D eigenvalue weighted by atomic mass is 16.5. The molecule has 0 aromatic heterocycles. The van der Waals surface area contributed by atoms with Crippen LogP contribution in [0.15, 0.2) is 42.5 Å². The number of aryl methyl sites for hydroxylation is 1. The van der Waals surface area contributed by atoms with Gasteiger partial charge in [-0.2, -0.15) is 0 Å². The van der Waals surface area contributed by atoms with Crippen molar-refractivity contribution in [1.29, 1.82) is 0 Å². The minimum Gasteiger partial charge on any atom is -0.508 e. The van der Waals surface area contributed by atoms with Gasteiger partial charge in [0, 0.05) is 5.56 Å². The predicted octanol–water partition coefficient (Wildman–Crippen LogP) is 3.31. The molecule has 0 fully saturated rings. The van der Waals surface area contributed by atoms with Crippen LogP contribution in [0, 0.1) is 6.92 Å². The number of rotatable bonds is 4. The molecule has 0 aliphatic rings. The van der Waals surface area contributed by atoms with Gasteiger partial charge in [0.1, 0.15) is 17.2 Å². The molecule has 0 amide bonds. The fourth-order valence-corrected chi connectivity index (χ4v) is 1.92. The Bertz CT molecular complexity index is 685. The van der Waals surface area contributed by atoms with Gasteiger partial charge in [-0.25, -0.2) is 0 Å². The molecule has 2 N–H and O–H groups in total. The highest BCUT2D eigenvalue weighted by Crippen LogP contribution is 2.32. The first-order valence-corrected chi connectivity index (χ1v) is 6.41. The normalized spacial score (nSPS) is 10.8. The second-order valence-electron chi connectivity index (χ2n) is 4.59. The molecule has 0 bridgehead atoms. The molecule has 108 valence electrons. The Balaban J connectivity index is 2.31. The molecule has 2 aromatic rings. The van der Waals surface area contributed by atoms with Crippen LogP contribution in [-0.2, 0) is 0 Å². The molecule has 21 heavy (non-hydrogen) atoms. The van der Waals surface area contributed by atoms with E-state index in [1.54, 1.807) is 19.1 Å². The number of carbonyl (C=O) groups is 1. The minimum absolute atomic E-state index is 0.0871. The van der Waals surface area contributed by atoms with Gasteiger partial charge in [-0.1, -0.05) is 6.07 Å². The van der Waals surface area contributed by atoms with Crippen LogP contribution in [0.5, 0.6) is 17.2 Å². The van der Waals surface area contributed by atoms with E-state index >= 15 is 0 Å². The second-order valence-corrected chi connectivity index (χ2v) is 4.59. The number of hydrogen-bond acceptors (Lipinski definition) is 4. The Kier molecular flexibility index (Phi) is 4.28. The SMILES string of the molecule is COc1ccc(C)c(O)c1C=CC(=O)c1ccc(O)cc1. The fraction of sp³-hybridized carbons (Fsp3) is 0.118. The van der Waals surface area contributed by atoms with Crippen molar-refractivity contribution in [3.8, 4) is 17.2 Å². The Morgan fingerprint density at radius 1 is 1.10 bits per heavy atom. The second kappa shape index (κ2) is 6.13. The van der Waals surface area contributed by atoms with E-state index in [4.69, 9.17) is 4.74 Å². The lowest BCUT2D eigenvalue weighted by molar-refractivity contribution is 0.104. The Morgan fingerprint density at radius 3 is 2.38 bits per heavy atom. The molecular weight excluding hydrogens is 268 g/mol. The number of methoxy groups -OCH3 is 1. The molecule has 2 aromatic carbocycles. The molecule has 0 spiro atoms. The quantitative estimate of drug-likeness (QED) is 0.667. The molecule has 0 saturated heterocycles. The van der Waals surface area contributed by atoms with Gasteiger partial charge in [-0.15, -0.1) is 0 Å². The van der Waals surface area contributed by atoms with Crippen LogP contribution >= 0.6 is 0 Å². The number of ether oxygens (including phenoxy) is 1. The summed E-state index contributed by atoms with van der Waals surface area (Å²) in [5.74, 6) is 0.462. The standard InChI is InChI=1S/C17H16O4/c1-11-3-10-16(21-2)14(17(11)20)8-9-15(19)12-4-6-13(18)7-5-12/h3-10,18,20H,1-2H3. The van der Waals surface area contributed by atoms with Crippen LogP contribution in [0.3, 0.4) is 0 Å². The third kappa shape index (κ3) is 3.23. The molecule has 0 saturated carbocycles. The largest absolute Gasteiger partial charge is 0.508 e. The summed E-state index contributed by atoms with van der Waals surface area (Å²) >= 11 is 0. The number of phenols is 2. The summed E-state index contributed by atoms with van der Waals surface area (Å²) in [7, 11) is 1.50. The summed E-state index contributed by atoms with van der Waals surface area (Å²) in [5, 5.41) is 19.3. The van der Waals surface area contributed by atoms with Crippen LogP contribution in [0.25, 0.3) is 6.08 Å². The van der Waals surface area contributed by atoms with Crippen LogP contribution in [0.4, 0.5) is 0 Å². The van der Waals surface area contributed by atoms with Crippen molar-refractivity contribution < 1.29 is 19.7 Å². The number of benzene rings is 2. The molecular formula is C17H16O4.